The largest absolute Gasteiger partial charge is 0.493 e. The summed E-state index contributed by atoms with van der Waals surface area (Å²) in [6, 6.07) is 16.1. The Morgan fingerprint density at radius 3 is 2.68 bits per heavy atom. The van der Waals surface area contributed by atoms with Crippen LogP contribution in [0.4, 0.5) is 0 Å². The van der Waals surface area contributed by atoms with Gasteiger partial charge in [-0.1, -0.05) is 25.1 Å². The van der Waals surface area contributed by atoms with Gasteiger partial charge in [0.1, 0.15) is 5.75 Å². The van der Waals surface area contributed by atoms with Crippen LogP contribution < -0.4 is 4.74 Å². The van der Waals surface area contributed by atoms with Crippen molar-refractivity contribution in [3.8, 4) is 16.9 Å². The smallest absolute Gasteiger partial charge is 0.124 e. The second kappa shape index (κ2) is 6.58. The van der Waals surface area contributed by atoms with Crippen molar-refractivity contribution >= 4 is 10.9 Å². The monoisotopic (exact) mass is 293 g/mol. The zero-order valence-electron chi connectivity index (χ0n) is 12.6. The number of aliphatic hydroxyl groups excluding tert-OH is 1. The Morgan fingerprint density at radius 2 is 1.86 bits per heavy atom. The van der Waals surface area contributed by atoms with Gasteiger partial charge in [-0.15, -0.1) is 0 Å². The fraction of sp³-hybridized carbons (Fsp3) is 0.211. The Kier molecular flexibility index (Phi) is 4.35. The molecule has 0 fully saturated rings. The average Bonchev–Trinajstić information content (AvgIpc) is 2.59. The quantitative estimate of drug-likeness (QED) is 0.767. The lowest BCUT2D eigenvalue weighted by molar-refractivity contribution is 0.263. The zero-order chi connectivity index (χ0) is 15.4. The van der Waals surface area contributed by atoms with Gasteiger partial charge in [-0.25, -0.2) is 0 Å². The molecule has 0 amide bonds. The highest BCUT2D eigenvalue weighted by atomic mass is 16.5. The van der Waals surface area contributed by atoms with E-state index >= 15 is 0 Å². The van der Waals surface area contributed by atoms with Gasteiger partial charge in [-0.3, -0.25) is 4.98 Å². The number of pyridine rings is 1. The van der Waals surface area contributed by atoms with Crippen molar-refractivity contribution < 1.29 is 9.84 Å². The summed E-state index contributed by atoms with van der Waals surface area (Å²) in [5, 5.41) is 10.7. The van der Waals surface area contributed by atoms with Gasteiger partial charge < -0.3 is 9.84 Å². The van der Waals surface area contributed by atoms with Gasteiger partial charge in [0.2, 0.25) is 0 Å². The molecule has 112 valence electrons. The van der Waals surface area contributed by atoms with Gasteiger partial charge in [-0.05, 0) is 47.9 Å². The molecule has 2 aromatic carbocycles. The topological polar surface area (TPSA) is 42.4 Å². The molecule has 0 spiro atoms. The first-order valence-corrected chi connectivity index (χ1v) is 7.53. The molecular weight excluding hydrogens is 274 g/mol. The molecule has 0 saturated heterocycles. The van der Waals surface area contributed by atoms with Gasteiger partial charge in [0.15, 0.2) is 0 Å². The number of ether oxygens (including phenoxy) is 1. The molecule has 3 aromatic rings. The van der Waals surface area contributed by atoms with E-state index in [1.54, 1.807) is 6.20 Å². The molecule has 0 aliphatic heterocycles. The molecule has 1 heterocycles. The number of aliphatic hydroxyl groups is 1. The number of fused-ring (bicyclic) bond motifs is 1. The Balaban J connectivity index is 1.99. The number of benzene rings is 2. The lowest BCUT2D eigenvalue weighted by atomic mass is 10.0. The van der Waals surface area contributed by atoms with Crippen molar-refractivity contribution in [1.29, 1.82) is 0 Å². The van der Waals surface area contributed by atoms with E-state index in [4.69, 9.17) is 4.74 Å². The molecule has 0 bridgehead atoms. The van der Waals surface area contributed by atoms with Crippen molar-refractivity contribution in [3.63, 3.8) is 0 Å². The van der Waals surface area contributed by atoms with Crippen LogP contribution in [0.1, 0.15) is 18.9 Å². The van der Waals surface area contributed by atoms with E-state index in [1.165, 1.54) is 0 Å². The zero-order valence-corrected chi connectivity index (χ0v) is 12.6. The second-order valence-electron chi connectivity index (χ2n) is 5.24. The van der Waals surface area contributed by atoms with Gasteiger partial charge in [-0.2, -0.15) is 0 Å². The highest BCUT2D eigenvalue weighted by Crippen LogP contribution is 2.28. The van der Waals surface area contributed by atoms with E-state index in [0.717, 1.165) is 39.8 Å². The Hall–Kier alpha value is -2.39. The number of rotatable bonds is 5. The number of hydrogen-bond donors (Lipinski definition) is 1. The van der Waals surface area contributed by atoms with Crippen molar-refractivity contribution in [2.24, 2.45) is 0 Å². The van der Waals surface area contributed by atoms with Crippen molar-refractivity contribution in [2.75, 3.05) is 6.61 Å². The normalized spacial score (nSPS) is 10.8. The van der Waals surface area contributed by atoms with E-state index in [9.17, 15) is 5.11 Å². The van der Waals surface area contributed by atoms with Crippen LogP contribution in [0, 0.1) is 0 Å². The molecule has 3 heteroatoms. The van der Waals surface area contributed by atoms with Crippen LogP contribution in [0.3, 0.4) is 0 Å². The second-order valence-corrected chi connectivity index (χ2v) is 5.24. The molecule has 0 aliphatic rings. The first kappa shape index (κ1) is 14.5. The third kappa shape index (κ3) is 2.95. The van der Waals surface area contributed by atoms with Gasteiger partial charge in [0.05, 0.1) is 18.7 Å². The van der Waals surface area contributed by atoms with Crippen LogP contribution in [0.25, 0.3) is 22.0 Å². The molecule has 0 aliphatic carbocycles. The average molecular weight is 293 g/mol. The predicted octanol–water partition coefficient (Wildman–Crippen LogP) is 4.18. The minimum absolute atomic E-state index is 0.0258. The minimum Gasteiger partial charge on any atom is -0.493 e. The first-order valence-electron chi connectivity index (χ1n) is 7.53. The predicted molar refractivity (Wildman–Crippen MR) is 88.9 cm³/mol. The summed E-state index contributed by atoms with van der Waals surface area (Å²) < 4.78 is 5.67. The third-order valence-electron chi connectivity index (χ3n) is 3.63. The van der Waals surface area contributed by atoms with Crippen molar-refractivity contribution in [2.45, 2.75) is 20.0 Å². The molecule has 3 nitrogen and oxygen atoms in total. The molecule has 3 rings (SSSR count). The summed E-state index contributed by atoms with van der Waals surface area (Å²) in [4.78, 5) is 4.34. The Morgan fingerprint density at radius 1 is 1.05 bits per heavy atom. The van der Waals surface area contributed by atoms with E-state index < -0.39 is 0 Å². The maximum atomic E-state index is 9.57. The first-order chi connectivity index (χ1) is 10.8. The third-order valence-corrected chi connectivity index (χ3v) is 3.63. The Bertz CT molecular complexity index is 783. The standard InChI is InChI=1S/C19H19NO2/c1-2-10-22-19-8-6-15(12-17(19)13-21)14-5-7-18-16(11-14)4-3-9-20-18/h3-9,11-12,21H,2,10,13H2,1H3. The van der Waals surface area contributed by atoms with Crippen LogP contribution in [0.2, 0.25) is 0 Å². The van der Waals surface area contributed by atoms with E-state index in [2.05, 4.69) is 30.1 Å². The fourth-order valence-electron chi connectivity index (χ4n) is 2.49. The highest BCUT2D eigenvalue weighted by molar-refractivity contribution is 5.84. The molecule has 0 radical (unpaired) electrons. The maximum absolute atomic E-state index is 9.57. The summed E-state index contributed by atoms with van der Waals surface area (Å²) in [5.41, 5.74) is 3.98. The summed E-state index contributed by atoms with van der Waals surface area (Å²) in [5.74, 6) is 0.760. The summed E-state index contributed by atoms with van der Waals surface area (Å²) in [7, 11) is 0. The van der Waals surface area contributed by atoms with E-state index in [-0.39, 0.29) is 6.61 Å². The summed E-state index contributed by atoms with van der Waals surface area (Å²) >= 11 is 0. The molecular formula is C19H19NO2. The molecule has 0 atom stereocenters. The Labute approximate surface area is 130 Å². The number of aromatic nitrogens is 1. The summed E-state index contributed by atoms with van der Waals surface area (Å²) in [6.45, 7) is 2.70. The van der Waals surface area contributed by atoms with Crippen LogP contribution in [-0.2, 0) is 6.61 Å². The molecule has 22 heavy (non-hydrogen) atoms. The maximum Gasteiger partial charge on any atom is 0.124 e. The van der Waals surface area contributed by atoms with Crippen LogP contribution in [0.15, 0.2) is 54.7 Å². The molecule has 1 N–H and O–H groups in total. The number of hydrogen-bond acceptors (Lipinski definition) is 3. The van der Waals surface area contributed by atoms with Crippen LogP contribution in [0.5, 0.6) is 5.75 Å². The lowest BCUT2D eigenvalue weighted by Gasteiger charge is -2.11. The fourth-order valence-corrected chi connectivity index (χ4v) is 2.49. The van der Waals surface area contributed by atoms with Gasteiger partial charge >= 0.3 is 0 Å². The molecule has 1 aromatic heterocycles. The van der Waals surface area contributed by atoms with Crippen molar-refractivity contribution in [1.82, 2.24) is 4.98 Å². The summed E-state index contributed by atoms with van der Waals surface area (Å²) in [6.07, 6.45) is 2.75. The minimum atomic E-state index is -0.0258. The van der Waals surface area contributed by atoms with Crippen LogP contribution >= 0.6 is 0 Å². The van der Waals surface area contributed by atoms with Gasteiger partial charge in [0.25, 0.3) is 0 Å². The van der Waals surface area contributed by atoms with Crippen LogP contribution in [-0.4, -0.2) is 16.7 Å². The molecule has 0 saturated carbocycles. The van der Waals surface area contributed by atoms with Crippen molar-refractivity contribution in [3.05, 3.63) is 60.3 Å². The molecule has 0 unspecified atom stereocenters. The highest BCUT2D eigenvalue weighted by Gasteiger charge is 2.07. The number of nitrogens with zero attached hydrogens (tertiary/aromatic N) is 1. The van der Waals surface area contributed by atoms with E-state index in [0.29, 0.717) is 6.61 Å². The van der Waals surface area contributed by atoms with Gasteiger partial charge in [0, 0.05) is 17.1 Å². The van der Waals surface area contributed by atoms with E-state index in [1.807, 2.05) is 30.3 Å². The lowest BCUT2D eigenvalue weighted by Crippen LogP contribution is -1.99. The SMILES string of the molecule is CCCOc1ccc(-c2ccc3ncccc3c2)cc1CO.